The van der Waals surface area contributed by atoms with E-state index in [0.29, 0.717) is 0 Å². The molecule has 0 aliphatic rings. The van der Waals surface area contributed by atoms with Crippen molar-refractivity contribution in [1.29, 1.82) is 0 Å². The van der Waals surface area contributed by atoms with Gasteiger partial charge in [0, 0.05) is 0 Å². The van der Waals surface area contributed by atoms with Crippen LogP contribution in [0.4, 0.5) is 0 Å². The van der Waals surface area contributed by atoms with Gasteiger partial charge in [-0.3, -0.25) is 0 Å². The fourth-order valence-electron chi connectivity index (χ4n) is 1.65. The molecule has 0 spiro atoms. The Balaban J connectivity index is 3.07. The van der Waals surface area contributed by atoms with Gasteiger partial charge in [0.05, 0.1) is 4.90 Å². The van der Waals surface area contributed by atoms with Crippen LogP contribution in [0.2, 0.25) is 0 Å². The van der Waals surface area contributed by atoms with E-state index in [0.717, 1.165) is 17.7 Å². The van der Waals surface area contributed by atoms with E-state index in [1.165, 1.54) is 12.1 Å². The van der Waals surface area contributed by atoms with E-state index < -0.39 is 51.4 Å². The first-order valence-electron chi connectivity index (χ1n) is 6.47. The predicted molar refractivity (Wildman–Crippen MR) is 76.5 cm³/mol. The summed E-state index contributed by atoms with van der Waals surface area (Å²) in [5.74, 6) is -3.91. The molecule has 1 aromatic rings. The number of aliphatic hydroxyl groups excluding tert-OH is 3. The minimum absolute atomic E-state index is 0.403. The van der Waals surface area contributed by atoms with Crippen LogP contribution in [-0.2, 0) is 23.9 Å². The Hall–Kier alpha value is -2.05. The second-order valence-electron chi connectivity index (χ2n) is 4.89. The Kier molecular flexibility index (Phi) is 6.40. The minimum Gasteiger partial charge on any atom is -0.479 e. The van der Waals surface area contributed by atoms with E-state index in [4.69, 9.17) is 15.3 Å². The molecule has 0 aliphatic heterocycles. The molecule has 0 amide bonds. The summed E-state index contributed by atoms with van der Waals surface area (Å²) in [5, 5.41) is 45.8. The number of hydrogen-bond acceptors (Lipinski definition) is 8. The third kappa shape index (κ3) is 4.72. The van der Waals surface area contributed by atoms with Crippen LogP contribution in [0.15, 0.2) is 29.2 Å². The zero-order valence-electron chi connectivity index (χ0n) is 12.3. The molecule has 10 nitrogen and oxygen atoms in total. The summed E-state index contributed by atoms with van der Waals surface area (Å²) in [4.78, 5) is 21.3. The van der Waals surface area contributed by atoms with E-state index in [1.807, 2.05) is 0 Å². The SMILES string of the molecule is Cc1ccc(S(=O)(=O)O[C@@H](C(=O)O)[C@@H](O)[C@@H](O)[C@H](O)C(=O)O)cc1. The van der Waals surface area contributed by atoms with Gasteiger partial charge in [-0.1, -0.05) is 17.7 Å². The summed E-state index contributed by atoms with van der Waals surface area (Å²) in [6.07, 6.45) is -10.1. The van der Waals surface area contributed by atoms with Crippen LogP contribution < -0.4 is 0 Å². The smallest absolute Gasteiger partial charge is 0.337 e. The number of carboxylic acids is 2. The number of carboxylic acid groups (broad SMARTS) is 2. The zero-order valence-corrected chi connectivity index (χ0v) is 13.1. The molecule has 134 valence electrons. The van der Waals surface area contributed by atoms with E-state index in [1.54, 1.807) is 6.92 Å². The number of rotatable bonds is 8. The number of aryl methyl sites for hydroxylation is 1. The van der Waals surface area contributed by atoms with Crippen LogP contribution in [0.25, 0.3) is 0 Å². The topological polar surface area (TPSA) is 179 Å². The molecule has 0 aromatic heterocycles. The molecule has 0 unspecified atom stereocenters. The molecule has 5 N–H and O–H groups in total. The molecule has 0 heterocycles. The largest absolute Gasteiger partial charge is 0.479 e. The maximum absolute atomic E-state index is 12.0. The van der Waals surface area contributed by atoms with Gasteiger partial charge >= 0.3 is 11.9 Å². The van der Waals surface area contributed by atoms with Crippen LogP contribution in [0.3, 0.4) is 0 Å². The quantitative estimate of drug-likeness (QED) is 0.334. The van der Waals surface area contributed by atoms with Gasteiger partial charge in [-0.25, -0.2) is 13.8 Å². The highest BCUT2D eigenvalue weighted by atomic mass is 32.2. The summed E-state index contributed by atoms with van der Waals surface area (Å²) in [5.41, 5.74) is 0.726. The van der Waals surface area contributed by atoms with Crippen LogP contribution in [-0.4, -0.2) is 70.3 Å². The fraction of sp³-hybridized carbons (Fsp3) is 0.385. The lowest BCUT2D eigenvalue weighted by molar-refractivity contribution is -0.170. The molecule has 0 saturated carbocycles. The molecule has 0 saturated heterocycles. The summed E-state index contributed by atoms with van der Waals surface area (Å²) < 4.78 is 28.5. The highest BCUT2D eigenvalue weighted by molar-refractivity contribution is 7.86. The molecular formula is C13H16O10S. The molecule has 11 heteroatoms. The third-order valence-corrected chi connectivity index (χ3v) is 4.33. The molecule has 1 aromatic carbocycles. The van der Waals surface area contributed by atoms with Gasteiger partial charge in [0.1, 0.15) is 12.2 Å². The normalized spacial score (nSPS) is 16.8. The van der Waals surface area contributed by atoms with Crippen LogP contribution in [0.5, 0.6) is 0 Å². The number of aliphatic carboxylic acids is 2. The summed E-state index contributed by atoms with van der Waals surface area (Å²) in [6, 6.07) is 5.12. The first kappa shape index (κ1) is 20.0. The number of carbonyl (C=O) groups is 2. The molecule has 1 rings (SSSR count). The standard InChI is InChI=1S/C13H16O10S/c1-6-2-4-7(5-3-6)24(21,22)23-11(13(19)20)9(15)8(14)10(16)12(17)18/h2-5,8-11,14-16H,1H3,(H,17,18)(H,19,20)/t8-,9+,10+,11-/m1/s1. The van der Waals surface area contributed by atoms with Gasteiger partial charge in [0.25, 0.3) is 10.1 Å². The van der Waals surface area contributed by atoms with Crippen molar-refractivity contribution >= 4 is 22.1 Å². The van der Waals surface area contributed by atoms with Gasteiger partial charge in [0.15, 0.2) is 6.10 Å². The molecule has 24 heavy (non-hydrogen) atoms. The average molecular weight is 364 g/mol. The molecule has 0 bridgehead atoms. The molecule has 0 aliphatic carbocycles. The van der Waals surface area contributed by atoms with Gasteiger partial charge in [0.2, 0.25) is 6.10 Å². The minimum atomic E-state index is -4.63. The zero-order chi connectivity index (χ0) is 18.7. The van der Waals surface area contributed by atoms with Crippen LogP contribution in [0, 0.1) is 6.92 Å². The van der Waals surface area contributed by atoms with Crippen molar-refractivity contribution < 1.29 is 47.7 Å². The highest BCUT2D eigenvalue weighted by Crippen LogP contribution is 2.18. The lowest BCUT2D eigenvalue weighted by Gasteiger charge is -2.25. The van der Waals surface area contributed by atoms with Crippen LogP contribution in [0.1, 0.15) is 5.56 Å². The number of benzene rings is 1. The summed E-state index contributed by atoms with van der Waals surface area (Å²) in [7, 11) is -4.63. The molecule has 0 fully saturated rings. The van der Waals surface area contributed by atoms with Crippen LogP contribution >= 0.6 is 0 Å². The monoisotopic (exact) mass is 364 g/mol. The van der Waals surface area contributed by atoms with Gasteiger partial charge in [-0.2, -0.15) is 8.42 Å². The van der Waals surface area contributed by atoms with Crippen molar-refractivity contribution in [3.8, 4) is 0 Å². The van der Waals surface area contributed by atoms with E-state index in [-0.39, 0.29) is 0 Å². The van der Waals surface area contributed by atoms with E-state index >= 15 is 0 Å². The predicted octanol–water partition coefficient (Wildman–Crippen LogP) is -1.68. The second-order valence-corrected chi connectivity index (χ2v) is 6.46. The third-order valence-electron chi connectivity index (χ3n) is 3.02. The molecular weight excluding hydrogens is 348 g/mol. The Morgan fingerprint density at radius 2 is 1.46 bits per heavy atom. The first-order chi connectivity index (χ1) is 11.0. The Bertz CT molecular complexity index is 696. The van der Waals surface area contributed by atoms with E-state index in [9.17, 15) is 28.2 Å². The number of hydrogen-bond donors (Lipinski definition) is 5. The van der Waals surface area contributed by atoms with Crippen molar-refractivity contribution in [2.24, 2.45) is 0 Å². The first-order valence-corrected chi connectivity index (χ1v) is 7.88. The van der Waals surface area contributed by atoms with E-state index in [2.05, 4.69) is 4.18 Å². The van der Waals surface area contributed by atoms with Gasteiger partial charge in [-0.15, -0.1) is 0 Å². The van der Waals surface area contributed by atoms with Crippen molar-refractivity contribution in [3.05, 3.63) is 29.8 Å². The maximum Gasteiger partial charge on any atom is 0.337 e. The second kappa shape index (κ2) is 7.68. The van der Waals surface area contributed by atoms with Crippen molar-refractivity contribution in [3.63, 3.8) is 0 Å². The Morgan fingerprint density at radius 1 is 0.958 bits per heavy atom. The molecule has 0 radical (unpaired) electrons. The van der Waals surface area contributed by atoms with Gasteiger partial charge < -0.3 is 25.5 Å². The average Bonchev–Trinajstić information content (AvgIpc) is 2.50. The lowest BCUT2D eigenvalue weighted by Crippen LogP contribution is -2.51. The number of aliphatic hydroxyl groups is 3. The van der Waals surface area contributed by atoms with Crippen molar-refractivity contribution in [2.75, 3.05) is 0 Å². The van der Waals surface area contributed by atoms with Crippen molar-refractivity contribution in [2.45, 2.75) is 36.2 Å². The van der Waals surface area contributed by atoms with Crippen molar-refractivity contribution in [1.82, 2.24) is 0 Å². The summed E-state index contributed by atoms with van der Waals surface area (Å²) in [6.45, 7) is 1.69. The van der Waals surface area contributed by atoms with Gasteiger partial charge in [-0.05, 0) is 19.1 Å². The fourth-order valence-corrected chi connectivity index (χ4v) is 2.70. The summed E-state index contributed by atoms with van der Waals surface area (Å²) >= 11 is 0. The Labute approximate surface area is 136 Å². The Morgan fingerprint density at radius 3 is 1.88 bits per heavy atom. The lowest BCUT2D eigenvalue weighted by atomic mass is 10.0. The maximum atomic E-state index is 12.0. The molecule has 4 atom stereocenters. The highest BCUT2D eigenvalue weighted by Gasteiger charge is 2.42.